The Hall–Kier alpha value is -2.99. The molecule has 1 N–H and O–H groups in total. The van der Waals surface area contributed by atoms with E-state index in [9.17, 15) is 4.79 Å². The van der Waals surface area contributed by atoms with Crippen LogP contribution in [0.1, 0.15) is 49.7 Å². The number of fused-ring (bicyclic) bond motifs is 1. The number of carbonyl (C=O) groups is 1. The summed E-state index contributed by atoms with van der Waals surface area (Å²) in [5.41, 5.74) is 6.12. The Kier molecular flexibility index (Phi) is 7.17. The highest BCUT2D eigenvalue weighted by atomic mass is 16.5. The summed E-state index contributed by atoms with van der Waals surface area (Å²) in [4.78, 5) is 19.7. The topological polar surface area (TPSA) is 57.8 Å². The van der Waals surface area contributed by atoms with Crippen molar-refractivity contribution in [1.82, 2.24) is 14.8 Å². The first-order valence-electron chi connectivity index (χ1n) is 12.1. The average Bonchev–Trinajstić information content (AvgIpc) is 3.23. The maximum atomic E-state index is 12.1. The molecule has 1 aliphatic rings. The second kappa shape index (κ2) is 10.1. The van der Waals surface area contributed by atoms with E-state index >= 15 is 0 Å². The molecule has 1 saturated heterocycles. The molecule has 1 aliphatic heterocycles. The first-order chi connectivity index (χ1) is 16.3. The van der Waals surface area contributed by atoms with E-state index in [4.69, 9.17) is 9.47 Å². The molecular formula is C28H37N3O3. The second-order valence-corrected chi connectivity index (χ2v) is 9.78. The summed E-state index contributed by atoms with van der Waals surface area (Å²) >= 11 is 0. The van der Waals surface area contributed by atoms with Gasteiger partial charge in [0.05, 0.1) is 26.5 Å². The molecule has 2 aromatic carbocycles. The number of aromatic nitrogens is 1. The molecular weight excluding hydrogens is 426 g/mol. The molecule has 6 nitrogen and oxygen atoms in total. The molecule has 0 atom stereocenters. The number of likely N-dealkylation sites (N-methyl/N-ethyl adjacent to an activating group) is 1. The lowest BCUT2D eigenvalue weighted by Crippen LogP contribution is -2.40. The number of hydrogen-bond acceptors (Lipinski definition) is 4. The van der Waals surface area contributed by atoms with E-state index in [0.717, 1.165) is 54.2 Å². The number of nitrogens with zero attached hydrogens (tertiary/aromatic N) is 2. The monoisotopic (exact) mass is 463 g/mol. The highest BCUT2D eigenvalue weighted by molar-refractivity contribution is 5.92. The van der Waals surface area contributed by atoms with E-state index in [0.29, 0.717) is 18.4 Å². The number of hydrogen-bond donors (Lipinski definition) is 1. The maximum absolute atomic E-state index is 12.1. The van der Waals surface area contributed by atoms with Gasteiger partial charge in [-0.15, -0.1) is 0 Å². The van der Waals surface area contributed by atoms with Crippen LogP contribution < -0.4 is 9.47 Å². The number of likely N-dealkylation sites (tertiary alicyclic amines) is 1. The van der Waals surface area contributed by atoms with Crippen LogP contribution in [0.3, 0.4) is 0 Å². The number of aromatic amines is 1. The summed E-state index contributed by atoms with van der Waals surface area (Å²) in [5.74, 6) is 2.53. The van der Waals surface area contributed by atoms with E-state index in [1.165, 1.54) is 16.5 Å². The van der Waals surface area contributed by atoms with Crippen LogP contribution in [0.2, 0.25) is 0 Å². The fraction of sp³-hybridized carbons (Fsp3) is 0.464. The van der Waals surface area contributed by atoms with Crippen molar-refractivity contribution in [2.24, 2.45) is 0 Å². The van der Waals surface area contributed by atoms with Crippen LogP contribution in [0.4, 0.5) is 0 Å². The molecule has 1 amide bonds. The van der Waals surface area contributed by atoms with Gasteiger partial charge < -0.3 is 19.4 Å². The number of carbonyl (C=O) groups excluding carboxylic acids is 1. The van der Waals surface area contributed by atoms with Crippen molar-refractivity contribution < 1.29 is 14.3 Å². The number of rotatable bonds is 7. The first-order valence-corrected chi connectivity index (χ1v) is 12.1. The van der Waals surface area contributed by atoms with Gasteiger partial charge in [-0.2, -0.15) is 0 Å². The smallest absolute Gasteiger partial charge is 0.236 e. The number of amides is 1. The molecule has 0 unspecified atom stereocenters. The van der Waals surface area contributed by atoms with Gasteiger partial charge in [0, 0.05) is 30.6 Å². The van der Waals surface area contributed by atoms with Crippen LogP contribution >= 0.6 is 0 Å². The molecule has 4 rings (SSSR count). The largest absolute Gasteiger partial charge is 0.493 e. The number of piperidine rings is 1. The third-order valence-electron chi connectivity index (χ3n) is 7.03. The zero-order chi connectivity index (χ0) is 24.4. The van der Waals surface area contributed by atoms with Gasteiger partial charge in [-0.25, -0.2) is 0 Å². The zero-order valence-corrected chi connectivity index (χ0v) is 21.3. The van der Waals surface area contributed by atoms with Gasteiger partial charge in [0.15, 0.2) is 11.5 Å². The van der Waals surface area contributed by atoms with Gasteiger partial charge >= 0.3 is 0 Å². The Morgan fingerprint density at radius 3 is 2.38 bits per heavy atom. The summed E-state index contributed by atoms with van der Waals surface area (Å²) in [5, 5.41) is 1.29. The first kappa shape index (κ1) is 24.1. The second-order valence-electron chi connectivity index (χ2n) is 9.78. The Morgan fingerprint density at radius 2 is 1.76 bits per heavy atom. The third-order valence-corrected chi connectivity index (χ3v) is 7.03. The maximum Gasteiger partial charge on any atom is 0.236 e. The molecule has 0 saturated carbocycles. The lowest BCUT2D eigenvalue weighted by Gasteiger charge is -2.32. The summed E-state index contributed by atoms with van der Waals surface area (Å²) in [6, 6.07) is 13.0. The standard InChI is InChI=1S/C28H37N3O3/c1-18(2)27-22-15-20(19-11-13-31(14-12-19)17-26(32)30(3)4)7-9-23(22)29-28(27)21-8-10-24(33-5)25(16-21)34-6/h7-10,15-16,18-19,29H,11-14,17H2,1-6H3. The Balaban J connectivity index is 1.62. The third kappa shape index (κ3) is 4.78. The van der Waals surface area contributed by atoms with Crippen molar-refractivity contribution >= 4 is 16.8 Å². The van der Waals surface area contributed by atoms with Gasteiger partial charge in [-0.05, 0) is 79.2 Å². The van der Waals surface area contributed by atoms with Crippen molar-refractivity contribution in [3.63, 3.8) is 0 Å². The SMILES string of the molecule is COc1ccc(-c2[nH]c3ccc(C4CCN(CC(=O)N(C)C)CC4)cc3c2C(C)C)cc1OC. The number of H-pyrrole nitrogens is 1. The van der Waals surface area contributed by atoms with E-state index in [1.54, 1.807) is 19.1 Å². The number of ether oxygens (including phenoxy) is 2. The fourth-order valence-corrected chi connectivity index (χ4v) is 5.06. The zero-order valence-electron chi connectivity index (χ0n) is 21.3. The molecule has 0 radical (unpaired) electrons. The van der Waals surface area contributed by atoms with Crippen molar-refractivity contribution in [2.45, 2.75) is 38.5 Å². The highest BCUT2D eigenvalue weighted by Crippen LogP contribution is 2.40. The van der Waals surface area contributed by atoms with Crippen LogP contribution in [0.5, 0.6) is 11.5 Å². The van der Waals surface area contributed by atoms with Gasteiger partial charge in [0.2, 0.25) is 5.91 Å². The summed E-state index contributed by atoms with van der Waals surface area (Å²) in [6.45, 7) is 6.94. The Morgan fingerprint density at radius 1 is 1.06 bits per heavy atom. The van der Waals surface area contributed by atoms with Gasteiger partial charge in [-0.3, -0.25) is 9.69 Å². The lowest BCUT2D eigenvalue weighted by molar-refractivity contribution is -0.130. The summed E-state index contributed by atoms with van der Waals surface area (Å²) in [6.07, 6.45) is 2.16. The molecule has 2 heterocycles. The quantitative estimate of drug-likeness (QED) is 0.520. The van der Waals surface area contributed by atoms with Crippen molar-refractivity contribution in [3.8, 4) is 22.8 Å². The van der Waals surface area contributed by atoms with E-state index in [2.05, 4.69) is 48.0 Å². The highest BCUT2D eigenvalue weighted by Gasteiger charge is 2.24. The predicted molar refractivity (Wildman–Crippen MR) is 138 cm³/mol. The molecule has 6 heteroatoms. The number of benzene rings is 2. The van der Waals surface area contributed by atoms with Gasteiger partial charge in [-0.1, -0.05) is 19.9 Å². The van der Waals surface area contributed by atoms with Crippen LogP contribution in [0.25, 0.3) is 22.2 Å². The van der Waals surface area contributed by atoms with Crippen LogP contribution in [-0.4, -0.2) is 68.6 Å². The van der Waals surface area contributed by atoms with Crippen LogP contribution in [0, 0.1) is 0 Å². The van der Waals surface area contributed by atoms with Crippen LogP contribution in [0.15, 0.2) is 36.4 Å². The minimum Gasteiger partial charge on any atom is -0.493 e. The Bertz CT molecular complexity index is 1160. The number of methoxy groups -OCH3 is 2. The van der Waals surface area contributed by atoms with Crippen molar-refractivity contribution in [2.75, 3.05) is 47.9 Å². The molecule has 3 aromatic rings. The molecule has 0 aliphatic carbocycles. The normalized spacial score (nSPS) is 15.1. The number of nitrogens with one attached hydrogen (secondary N) is 1. The van der Waals surface area contributed by atoms with Crippen LogP contribution in [-0.2, 0) is 4.79 Å². The predicted octanol–water partition coefficient (Wildman–Crippen LogP) is 5.24. The molecule has 0 bridgehead atoms. The molecule has 182 valence electrons. The molecule has 0 spiro atoms. The Labute approximate surface area is 202 Å². The minimum atomic E-state index is 0.177. The average molecular weight is 464 g/mol. The molecule has 1 aromatic heterocycles. The summed E-state index contributed by atoms with van der Waals surface area (Å²) in [7, 11) is 6.98. The molecule has 1 fully saturated rings. The minimum absolute atomic E-state index is 0.177. The fourth-order valence-electron chi connectivity index (χ4n) is 5.06. The van der Waals surface area contributed by atoms with Gasteiger partial charge in [0.1, 0.15) is 0 Å². The lowest BCUT2D eigenvalue weighted by atomic mass is 9.87. The summed E-state index contributed by atoms with van der Waals surface area (Å²) < 4.78 is 11.0. The van der Waals surface area contributed by atoms with Crippen molar-refractivity contribution in [1.29, 1.82) is 0 Å². The molecule has 34 heavy (non-hydrogen) atoms. The van der Waals surface area contributed by atoms with Crippen molar-refractivity contribution in [3.05, 3.63) is 47.5 Å². The van der Waals surface area contributed by atoms with Gasteiger partial charge in [0.25, 0.3) is 0 Å². The van der Waals surface area contributed by atoms with E-state index in [-0.39, 0.29) is 5.91 Å². The van der Waals surface area contributed by atoms with E-state index in [1.807, 2.05) is 26.2 Å². The van der Waals surface area contributed by atoms with E-state index < -0.39 is 0 Å².